The Labute approximate surface area is 154 Å². The first-order valence-electron chi connectivity index (χ1n) is 7.95. The maximum Gasteiger partial charge on any atom is 0.416 e. The van der Waals surface area contributed by atoms with Gasteiger partial charge in [0.1, 0.15) is 17.2 Å². The number of amides is 1. The van der Waals surface area contributed by atoms with E-state index in [9.17, 15) is 18.4 Å². The molecule has 2 aromatic rings. The molecule has 9 heteroatoms. The number of carbonyl (C=O) groups excluding carboxylic acids is 2. The first kappa shape index (κ1) is 20.2. The lowest BCUT2D eigenvalue weighted by Gasteiger charge is -2.27. The molecule has 0 saturated heterocycles. The molecule has 0 unspecified atom stereocenters. The van der Waals surface area contributed by atoms with Crippen LogP contribution in [0.25, 0.3) is 0 Å². The number of pyridine rings is 2. The molecule has 2 heterocycles. The van der Waals surface area contributed by atoms with Crippen LogP contribution in [0.5, 0.6) is 5.88 Å². The molecule has 2 aromatic heterocycles. The van der Waals surface area contributed by atoms with Crippen molar-refractivity contribution in [2.24, 2.45) is 0 Å². The van der Waals surface area contributed by atoms with E-state index >= 15 is 0 Å². The van der Waals surface area contributed by atoms with Crippen molar-refractivity contribution >= 4 is 18.2 Å². The lowest BCUT2D eigenvalue weighted by Crippen LogP contribution is -2.37. The summed E-state index contributed by atoms with van der Waals surface area (Å²) in [6.45, 7) is 4.75. The van der Waals surface area contributed by atoms with E-state index < -0.39 is 23.5 Å². The fraction of sp³-hybridized carbons (Fsp3) is 0.333. The van der Waals surface area contributed by atoms with E-state index in [2.05, 4.69) is 9.97 Å². The molecule has 1 amide bonds. The van der Waals surface area contributed by atoms with Gasteiger partial charge in [0.05, 0.1) is 25.4 Å². The van der Waals surface area contributed by atoms with Crippen LogP contribution in [0.2, 0.25) is 0 Å². The Hall–Kier alpha value is -3.10. The number of hydrogen-bond donors (Lipinski definition) is 0. The highest BCUT2D eigenvalue weighted by Gasteiger charge is 2.26. The highest BCUT2D eigenvalue weighted by atomic mass is 19.1. The molecule has 0 spiro atoms. The molecule has 144 valence electrons. The van der Waals surface area contributed by atoms with Crippen molar-refractivity contribution in [2.75, 3.05) is 12.0 Å². The van der Waals surface area contributed by atoms with Crippen LogP contribution in [0.3, 0.4) is 0 Å². The highest BCUT2D eigenvalue weighted by molar-refractivity contribution is 5.87. The number of halogens is 2. The van der Waals surface area contributed by atoms with E-state index in [1.54, 1.807) is 20.8 Å². The van der Waals surface area contributed by atoms with E-state index in [4.69, 9.17) is 9.47 Å². The number of carbonyl (C=O) groups is 2. The largest absolute Gasteiger partial charge is 0.481 e. The number of methoxy groups -OCH3 is 1. The number of hydrogen-bond acceptors (Lipinski definition) is 6. The van der Waals surface area contributed by atoms with E-state index in [0.717, 1.165) is 17.2 Å². The fourth-order valence-corrected chi connectivity index (χ4v) is 2.17. The third-order valence-electron chi connectivity index (χ3n) is 3.29. The van der Waals surface area contributed by atoms with Gasteiger partial charge < -0.3 is 9.47 Å². The maximum atomic E-state index is 13.9. The van der Waals surface area contributed by atoms with E-state index in [-0.39, 0.29) is 29.4 Å². The van der Waals surface area contributed by atoms with Gasteiger partial charge in [-0.3, -0.25) is 9.69 Å². The molecule has 0 aliphatic rings. The average Bonchev–Trinajstić information content (AvgIpc) is 2.58. The van der Waals surface area contributed by atoms with Gasteiger partial charge in [0.25, 0.3) is 0 Å². The molecule has 0 aliphatic heterocycles. The Balaban J connectivity index is 2.47. The van der Waals surface area contributed by atoms with Crippen molar-refractivity contribution < 1.29 is 27.8 Å². The third kappa shape index (κ3) is 5.19. The molecular weight excluding hydrogens is 360 g/mol. The lowest BCUT2D eigenvalue weighted by molar-refractivity contribution is 0.0576. The summed E-state index contributed by atoms with van der Waals surface area (Å²) in [7, 11) is 1.35. The summed E-state index contributed by atoms with van der Waals surface area (Å²) in [5.41, 5.74) is -0.862. The Morgan fingerprint density at radius 2 is 2.00 bits per heavy atom. The number of aromatic nitrogens is 2. The van der Waals surface area contributed by atoms with Crippen LogP contribution in [-0.4, -0.2) is 35.1 Å². The monoisotopic (exact) mass is 379 g/mol. The Kier molecular flexibility index (Phi) is 6.04. The molecule has 0 radical (unpaired) electrons. The van der Waals surface area contributed by atoms with Crippen LogP contribution < -0.4 is 9.64 Å². The molecule has 0 saturated carbocycles. The van der Waals surface area contributed by atoms with Crippen molar-refractivity contribution in [3.8, 4) is 5.88 Å². The van der Waals surface area contributed by atoms with Crippen LogP contribution in [0.15, 0.2) is 24.4 Å². The van der Waals surface area contributed by atoms with Gasteiger partial charge >= 0.3 is 6.09 Å². The number of aldehydes is 1. The van der Waals surface area contributed by atoms with Gasteiger partial charge in [0, 0.05) is 5.56 Å². The predicted molar refractivity (Wildman–Crippen MR) is 92.7 cm³/mol. The van der Waals surface area contributed by atoms with Crippen LogP contribution in [-0.2, 0) is 11.3 Å². The number of anilines is 1. The van der Waals surface area contributed by atoms with Crippen LogP contribution in [0.1, 0.15) is 36.7 Å². The first-order valence-corrected chi connectivity index (χ1v) is 7.95. The molecule has 2 rings (SSSR count). The van der Waals surface area contributed by atoms with Crippen molar-refractivity contribution in [3.05, 3.63) is 47.3 Å². The molecule has 0 bridgehead atoms. The molecule has 0 aromatic carbocycles. The van der Waals surface area contributed by atoms with E-state index in [1.807, 2.05) is 0 Å². The highest BCUT2D eigenvalue weighted by Crippen LogP contribution is 2.24. The summed E-state index contributed by atoms with van der Waals surface area (Å²) in [5.74, 6) is -1.70. The van der Waals surface area contributed by atoms with Gasteiger partial charge in [-0.2, -0.15) is 4.39 Å². The summed E-state index contributed by atoms with van der Waals surface area (Å²) in [6.07, 6.45) is 0.444. The van der Waals surface area contributed by atoms with E-state index in [1.165, 1.54) is 19.2 Å². The number of nitrogens with zero attached hydrogens (tertiary/aromatic N) is 3. The summed E-state index contributed by atoms with van der Waals surface area (Å²) < 4.78 is 38.0. The molecule has 7 nitrogen and oxygen atoms in total. The zero-order chi connectivity index (χ0) is 20.2. The summed E-state index contributed by atoms with van der Waals surface area (Å²) in [6, 6.07) is 3.61. The second kappa shape index (κ2) is 8.07. The standard InChI is InChI=1S/C18H19F2N3O4/c1-18(2,3)27-17(25)23(14-6-5-11(10-24)15(20)22-14)9-12-7-13(19)8-21-16(12)26-4/h5-8,10H,9H2,1-4H3. The van der Waals surface area contributed by atoms with Crippen LogP contribution in [0.4, 0.5) is 19.4 Å². The minimum absolute atomic E-state index is 0.0925. The summed E-state index contributed by atoms with van der Waals surface area (Å²) in [5, 5.41) is 0. The molecular formula is C18H19F2N3O4. The van der Waals surface area contributed by atoms with Crippen LogP contribution >= 0.6 is 0 Å². The van der Waals surface area contributed by atoms with E-state index in [0.29, 0.717) is 6.29 Å². The smallest absolute Gasteiger partial charge is 0.416 e. The summed E-state index contributed by atoms with van der Waals surface area (Å²) >= 11 is 0. The Morgan fingerprint density at radius 3 is 2.56 bits per heavy atom. The van der Waals surface area contributed by atoms with Gasteiger partial charge in [-0.05, 0) is 39.0 Å². The van der Waals surface area contributed by atoms with Crippen molar-refractivity contribution in [1.82, 2.24) is 9.97 Å². The van der Waals surface area contributed by atoms with Crippen molar-refractivity contribution in [1.29, 1.82) is 0 Å². The van der Waals surface area contributed by atoms with Gasteiger partial charge in [-0.15, -0.1) is 0 Å². The molecule has 0 aliphatic carbocycles. The number of rotatable bonds is 5. The van der Waals surface area contributed by atoms with Crippen LogP contribution in [0, 0.1) is 11.8 Å². The molecule has 0 fully saturated rings. The summed E-state index contributed by atoms with van der Waals surface area (Å²) in [4.78, 5) is 31.9. The topological polar surface area (TPSA) is 81.6 Å². The average molecular weight is 379 g/mol. The van der Waals surface area contributed by atoms with Gasteiger partial charge in [-0.25, -0.2) is 19.2 Å². The minimum Gasteiger partial charge on any atom is -0.481 e. The molecule has 0 atom stereocenters. The third-order valence-corrected chi connectivity index (χ3v) is 3.29. The Bertz CT molecular complexity index is 853. The zero-order valence-corrected chi connectivity index (χ0v) is 15.3. The second-order valence-corrected chi connectivity index (χ2v) is 6.56. The number of ether oxygens (including phenoxy) is 2. The van der Waals surface area contributed by atoms with Crippen molar-refractivity contribution in [2.45, 2.75) is 32.9 Å². The molecule has 0 N–H and O–H groups in total. The quantitative estimate of drug-likeness (QED) is 0.584. The normalized spacial score (nSPS) is 11.0. The van der Waals surface area contributed by atoms with Gasteiger partial charge in [0.2, 0.25) is 11.8 Å². The predicted octanol–water partition coefficient (Wildman–Crippen LogP) is 3.52. The zero-order valence-electron chi connectivity index (χ0n) is 15.3. The van der Waals surface area contributed by atoms with Crippen molar-refractivity contribution in [3.63, 3.8) is 0 Å². The van der Waals surface area contributed by atoms with Gasteiger partial charge in [0.15, 0.2) is 6.29 Å². The lowest BCUT2D eigenvalue weighted by atomic mass is 10.2. The Morgan fingerprint density at radius 1 is 1.30 bits per heavy atom. The molecule has 27 heavy (non-hydrogen) atoms. The SMILES string of the molecule is COc1ncc(F)cc1CN(C(=O)OC(C)(C)C)c1ccc(C=O)c(F)n1. The maximum absolute atomic E-state index is 13.9. The van der Waals surface area contributed by atoms with Gasteiger partial charge in [-0.1, -0.05) is 0 Å². The minimum atomic E-state index is -1.04. The first-order chi connectivity index (χ1) is 12.6. The fourth-order valence-electron chi connectivity index (χ4n) is 2.17. The second-order valence-electron chi connectivity index (χ2n) is 6.56.